The number of rotatable bonds is 4. The zero-order chi connectivity index (χ0) is 13.0. The first kappa shape index (κ1) is 13.1. The maximum Gasteiger partial charge on any atom is 0.0860 e. The van der Waals surface area contributed by atoms with Crippen LogP contribution in [0.15, 0.2) is 30.3 Å². The molecule has 1 aliphatic heterocycles. The van der Waals surface area contributed by atoms with E-state index in [1.165, 1.54) is 5.56 Å². The summed E-state index contributed by atoms with van der Waals surface area (Å²) >= 11 is 0. The first-order chi connectivity index (χ1) is 8.76. The molecule has 1 heterocycles. The topological polar surface area (TPSA) is 27.0 Å². The number of likely N-dealkylation sites (tertiary alicyclic amines) is 1. The number of nitriles is 1. The van der Waals surface area contributed by atoms with Gasteiger partial charge >= 0.3 is 0 Å². The second-order valence-electron chi connectivity index (χ2n) is 5.18. The summed E-state index contributed by atoms with van der Waals surface area (Å²) in [6.45, 7) is 7.64. The van der Waals surface area contributed by atoms with E-state index in [0.717, 1.165) is 32.5 Å². The fraction of sp³-hybridized carbons (Fsp3) is 0.562. The van der Waals surface area contributed by atoms with Crippen LogP contribution in [0, 0.1) is 17.2 Å². The fourth-order valence-corrected chi connectivity index (χ4v) is 3.22. The summed E-state index contributed by atoms with van der Waals surface area (Å²) < 4.78 is 0. The first-order valence-electron chi connectivity index (χ1n) is 6.96. The van der Waals surface area contributed by atoms with Crippen LogP contribution in [-0.2, 0) is 5.41 Å². The molecule has 1 aromatic rings. The Morgan fingerprint density at radius 1 is 1.33 bits per heavy atom. The van der Waals surface area contributed by atoms with Crippen LogP contribution in [0.1, 0.15) is 32.3 Å². The summed E-state index contributed by atoms with van der Waals surface area (Å²) in [5.74, 6) is 0.467. The van der Waals surface area contributed by atoms with E-state index in [1.54, 1.807) is 0 Å². The molecule has 0 spiro atoms. The Morgan fingerprint density at radius 3 is 2.56 bits per heavy atom. The van der Waals surface area contributed by atoms with Crippen molar-refractivity contribution in [1.29, 1.82) is 5.26 Å². The molecule has 2 nitrogen and oxygen atoms in total. The molecule has 0 aromatic heterocycles. The van der Waals surface area contributed by atoms with Gasteiger partial charge in [-0.1, -0.05) is 44.2 Å². The first-order valence-corrected chi connectivity index (χ1v) is 6.96. The number of hydrogen-bond acceptors (Lipinski definition) is 2. The van der Waals surface area contributed by atoms with Crippen molar-refractivity contribution in [3.8, 4) is 6.07 Å². The van der Waals surface area contributed by atoms with E-state index in [-0.39, 0.29) is 5.41 Å². The van der Waals surface area contributed by atoms with Crippen molar-refractivity contribution < 1.29 is 0 Å². The molecule has 2 heteroatoms. The normalized spacial score (nSPS) is 23.5. The lowest BCUT2D eigenvalue weighted by atomic mass is 9.69. The van der Waals surface area contributed by atoms with E-state index < -0.39 is 0 Å². The lowest BCUT2D eigenvalue weighted by Crippen LogP contribution is -2.35. The second kappa shape index (κ2) is 5.54. The Balaban J connectivity index is 2.31. The molecule has 0 N–H and O–H groups in total. The van der Waals surface area contributed by atoms with Crippen molar-refractivity contribution in [3.63, 3.8) is 0 Å². The number of nitrogens with zero attached hydrogens (tertiary/aromatic N) is 2. The Morgan fingerprint density at radius 2 is 2.06 bits per heavy atom. The summed E-state index contributed by atoms with van der Waals surface area (Å²) in [4.78, 5) is 2.45. The zero-order valence-corrected chi connectivity index (χ0v) is 11.4. The van der Waals surface area contributed by atoms with Gasteiger partial charge in [-0.05, 0) is 37.4 Å². The van der Waals surface area contributed by atoms with Gasteiger partial charge in [0.05, 0.1) is 11.5 Å². The predicted octanol–water partition coefficient (Wildman–Crippen LogP) is 3.20. The summed E-state index contributed by atoms with van der Waals surface area (Å²) in [5.41, 5.74) is 0.892. The third-order valence-corrected chi connectivity index (χ3v) is 4.46. The van der Waals surface area contributed by atoms with E-state index >= 15 is 0 Å². The van der Waals surface area contributed by atoms with Gasteiger partial charge in [-0.25, -0.2) is 0 Å². The highest BCUT2D eigenvalue weighted by Gasteiger charge is 2.42. The van der Waals surface area contributed by atoms with Gasteiger partial charge in [-0.2, -0.15) is 5.26 Å². The second-order valence-corrected chi connectivity index (χ2v) is 5.18. The lowest BCUT2D eigenvalue weighted by Gasteiger charge is -2.32. The Labute approximate surface area is 110 Å². The molecule has 0 unspecified atom stereocenters. The Hall–Kier alpha value is -1.33. The number of hydrogen-bond donors (Lipinski definition) is 0. The molecular weight excluding hydrogens is 220 g/mol. The maximum absolute atomic E-state index is 9.78. The lowest BCUT2D eigenvalue weighted by molar-refractivity contribution is 0.294. The monoisotopic (exact) mass is 242 g/mol. The van der Waals surface area contributed by atoms with E-state index in [2.05, 4.69) is 36.9 Å². The van der Waals surface area contributed by atoms with E-state index in [0.29, 0.717) is 5.92 Å². The van der Waals surface area contributed by atoms with Crippen molar-refractivity contribution in [2.75, 3.05) is 19.6 Å². The van der Waals surface area contributed by atoms with Gasteiger partial charge in [0.2, 0.25) is 0 Å². The van der Waals surface area contributed by atoms with E-state index in [9.17, 15) is 5.26 Å². The van der Waals surface area contributed by atoms with Crippen LogP contribution >= 0.6 is 0 Å². The Bertz CT molecular complexity index is 420. The van der Waals surface area contributed by atoms with E-state index in [4.69, 9.17) is 0 Å². The van der Waals surface area contributed by atoms with Gasteiger partial charge in [-0.15, -0.1) is 0 Å². The predicted molar refractivity (Wildman–Crippen MR) is 74.2 cm³/mol. The van der Waals surface area contributed by atoms with Crippen molar-refractivity contribution >= 4 is 0 Å². The van der Waals surface area contributed by atoms with Crippen LogP contribution in [0.25, 0.3) is 0 Å². The average molecular weight is 242 g/mol. The summed E-state index contributed by atoms with van der Waals surface area (Å²) in [6.07, 6.45) is 2.04. The third kappa shape index (κ3) is 2.15. The quantitative estimate of drug-likeness (QED) is 0.810. The van der Waals surface area contributed by atoms with Gasteiger partial charge < -0.3 is 4.90 Å². The summed E-state index contributed by atoms with van der Waals surface area (Å²) in [7, 11) is 0. The summed E-state index contributed by atoms with van der Waals surface area (Å²) in [5, 5.41) is 9.78. The minimum absolute atomic E-state index is 0.300. The molecule has 0 aliphatic carbocycles. The fourth-order valence-electron chi connectivity index (χ4n) is 3.22. The highest BCUT2D eigenvalue weighted by molar-refractivity contribution is 5.34. The molecule has 0 amide bonds. The van der Waals surface area contributed by atoms with Crippen molar-refractivity contribution in [1.82, 2.24) is 4.90 Å². The van der Waals surface area contributed by atoms with Gasteiger partial charge in [0, 0.05) is 6.54 Å². The molecule has 0 saturated carbocycles. The zero-order valence-electron chi connectivity index (χ0n) is 11.4. The molecule has 1 fully saturated rings. The molecule has 1 aliphatic rings. The molecule has 1 saturated heterocycles. The highest BCUT2D eigenvalue weighted by Crippen LogP contribution is 2.40. The standard InChI is InChI=1S/C16H22N2/c1-3-16(13-17,14-8-6-5-7-9-14)15-10-11-18(4-2)12-15/h5-9,15H,3-4,10-12H2,1-2H3/t15-,16+/m1/s1. The van der Waals surface area contributed by atoms with Crippen LogP contribution in [0.4, 0.5) is 0 Å². The van der Waals surface area contributed by atoms with Crippen molar-refractivity contribution in [2.24, 2.45) is 5.92 Å². The molecule has 2 atom stereocenters. The molecule has 0 radical (unpaired) electrons. The largest absolute Gasteiger partial charge is 0.303 e. The smallest absolute Gasteiger partial charge is 0.0860 e. The molecule has 1 aromatic carbocycles. The maximum atomic E-state index is 9.78. The van der Waals surface area contributed by atoms with Crippen LogP contribution in [-0.4, -0.2) is 24.5 Å². The number of benzene rings is 1. The molecule has 96 valence electrons. The highest BCUT2D eigenvalue weighted by atomic mass is 15.1. The SMILES string of the molecule is CCN1CC[C@@H]([C@](C#N)(CC)c2ccccc2)C1. The van der Waals surface area contributed by atoms with Gasteiger partial charge in [0.15, 0.2) is 0 Å². The van der Waals surface area contributed by atoms with Crippen LogP contribution < -0.4 is 0 Å². The van der Waals surface area contributed by atoms with E-state index in [1.807, 2.05) is 18.2 Å². The van der Waals surface area contributed by atoms with Gasteiger partial charge in [0.25, 0.3) is 0 Å². The molecule has 2 rings (SSSR count). The molecule has 18 heavy (non-hydrogen) atoms. The minimum atomic E-state index is -0.300. The molecule has 0 bridgehead atoms. The van der Waals surface area contributed by atoms with Gasteiger partial charge in [0.1, 0.15) is 0 Å². The van der Waals surface area contributed by atoms with Crippen molar-refractivity contribution in [2.45, 2.75) is 32.1 Å². The van der Waals surface area contributed by atoms with Crippen LogP contribution in [0.2, 0.25) is 0 Å². The summed E-state index contributed by atoms with van der Waals surface area (Å²) in [6, 6.07) is 13.0. The van der Waals surface area contributed by atoms with Crippen LogP contribution in [0.3, 0.4) is 0 Å². The average Bonchev–Trinajstić information content (AvgIpc) is 2.91. The minimum Gasteiger partial charge on any atom is -0.303 e. The van der Waals surface area contributed by atoms with Crippen molar-refractivity contribution in [3.05, 3.63) is 35.9 Å². The van der Waals surface area contributed by atoms with Crippen LogP contribution in [0.5, 0.6) is 0 Å². The molecular formula is C16H22N2. The Kier molecular flexibility index (Phi) is 4.04. The third-order valence-electron chi connectivity index (χ3n) is 4.46. The van der Waals surface area contributed by atoms with Gasteiger partial charge in [-0.3, -0.25) is 0 Å².